The van der Waals surface area contributed by atoms with Gasteiger partial charge in [-0.3, -0.25) is 4.98 Å². The lowest BCUT2D eigenvalue weighted by Gasteiger charge is -2.12. The Bertz CT molecular complexity index is 466. The zero-order chi connectivity index (χ0) is 12.8. The van der Waals surface area contributed by atoms with Gasteiger partial charge >= 0.3 is 0 Å². The molecule has 0 aromatic carbocycles. The lowest BCUT2D eigenvalue weighted by Crippen LogP contribution is -2.22. The zero-order valence-electron chi connectivity index (χ0n) is 10.7. The van der Waals surface area contributed by atoms with E-state index in [1.807, 2.05) is 24.4 Å². The molecule has 0 saturated heterocycles. The average molecular weight is 246 g/mol. The van der Waals surface area contributed by atoms with Crippen LogP contribution >= 0.6 is 0 Å². The molecule has 2 rings (SSSR count). The van der Waals surface area contributed by atoms with Crippen molar-refractivity contribution < 1.29 is 9.15 Å². The molecule has 2 heterocycles. The van der Waals surface area contributed by atoms with Crippen molar-refractivity contribution in [3.05, 3.63) is 48.2 Å². The Balaban J connectivity index is 1.98. The molecule has 1 N–H and O–H groups in total. The largest absolute Gasteiger partial charge is 0.485 e. The van der Waals surface area contributed by atoms with Gasteiger partial charge in [-0.2, -0.15) is 0 Å². The zero-order valence-corrected chi connectivity index (χ0v) is 10.7. The van der Waals surface area contributed by atoms with E-state index in [0.717, 1.165) is 23.6 Å². The molecule has 0 aliphatic rings. The number of rotatable bonds is 6. The van der Waals surface area contributed by atoms with Gasteiger partial charge in [-0.25, -0.2) is 0 Å². The topological polar surface area (TPSA) is 47.3 Å². The third-order valence-electron chi connectivity index (χ3n) is 2.51. The number of nitrogens with one attached hydrogen (secondary N) is 1. The molecule has 0 aliphatic carbocycles. The lowest BCUT2D eigenvalue weighted by atomic mass is 10.2. The van der Waals surface area contributed by atoms with E-state index in [1.165, 1.54) is 0 Å². The minimum atomic E-state index is 0.433. The maximum atomic E-state index is 5.74. The van der Waals surface area contributed by atoms with Crippen LogP contribution in [-0.4, -0.2) is 11.0 Å². The Morgan fingerprint density at radius 1 is 1.39 bits per heavy atom. The van der Waals surface area contributed by atoms with E-state index in [2.05, 4.69) is 24.1 Å². The molecule has 0 amide bonds. The Labute approximate surface area is 107 Å². The molecule has 0 fully saturated rings. The first-order valence-corrected chi connectivity index (χ1v) is 6.07. The second-order valence-electron chi connectivity index (χ2n) is 4.39. The summed E-state index contributed by atoms with van der Waals surface area (Å²) in [4.78, 5) is 4.12. The van der Waals surface area contributed by atoms with E-state index < -0.39 is 0 Å². The fourth-order valence-corrected chi connectivity index (χ4v) is 1.55. The summed E-state index contributed by atoms with van der Waals surface area (Å²) in [5, 5.41) is 3.35. The molecular weight excluding hydrogens is 228 g/mol. The summed E-state index contributed by atoms with van der Waals surface area (Å²) in [5.74, 6) is 1.66. The summed E-state index contributed by atoms with van der Waals surface area (Å²) in [6.07, 6.45) is 5.20. The van der Waals surface area contributed by atoms with Crippen LogP contribution in [-0.2, 0) is 13.2 Å². The molecule has 96 valence electrons. The highest BCUT2D eigenvalue weighted by Crippen LogP contribution is 2.18. The first kappa shape index (κ1) is 12.6. The summed E-state index contributed by atoms with van der Waals surface area (Å²) in [6, 6.07) is 6.06. The van der Waals surface area contributed by atoms with Crippen molar-refractivity contribution in [2.75, 3.05) is 0 Å². The minimum Gasteiger partial charge on any atom is -0.485 e. The molecule has 18 heavy (non-hydrogen) atoms. The van der Waals surface area contributed by atoms with Crippen LogP contribution in [0, 0.1) is 0 Å². The molecule has 0 radical (unpaired) electrons. The van der Waals surface area contributed by atoms with Crippen LogP contribution in [0.2, 0.25) is 0 Å². The van der Waals surface area contributed by atoms with Crippen molar-refractivity contribution in [3.63, 3.8) is 0 Å². The fourth-order valence-electron chi connectivity index (χ4n) is 1.55. The predicted molar refractivity (Wildman–Crippen MR) is 69.3 cm³/mol. The molecule has 2 aromatic heterocycles. The van der Waals surface area contributed by atoms with Gasteiger partial charge in [0.25, 0.3) is 0 Å². The summed E-state index contributed by atoms with van der Waals surface area (Å²) in [6.45, 7) is 5.41. The Morgan fingerprint density at radius 3 is 3.00 bits per heavy atom. The Kier molecular flexibility index (Phi) is 4.36. The van der Waals surface area contributed by atoms with Crippen molar-refractivity contribution in [2.24, 2.45) is 0 Å². The predicted octanol–water partition coefficient (Wildman–Crippen LogP) is 2.75. The van der Waals surface area contributed by atoms with Gasteiger partial charge in [0.05, 0.1) is 6.26 Å². The van der Waals surface area contributed by atoms with Crippen LogP contribution < -0.4 is 10.1 Å². The molecule has 0 saturated carbocycles. The van der Waals surface area contributed by atoms with Gasteiger partial charge in [-0.1, -0.05) is 13.8 Å². The number of furan rings is 1. The number of hydrogen-bond acceptors (Lipinski definition) is 4. The van der Waals surface area contributed by atoms with Crippen molar-refractivity contribution in [3.8, 4) is 5.75 Å². The number of pyridine rings is 1. The summed E-state index contributed by atoms with van der Waals surface area (Å²) in [7, 11) is 0. The van der Waals surface area contributed by atoms with Crippen molar-refractivity contribution >= 4 is 0 Å². The van der Waals surface area contributed by atoms with Crippen molar-refractivity contribution in [2.45, 2.75) is 33.0 Å². The van der Waals surface area contributed by atoms with E-state index in [9.17, 15) is 0 Å². The molecule has 2 aromatic rings. The molecule has 0 aliphatic heterocycles. The number of ether oxygens (including phenoxy) is 1. The van der Waals surface area contributed by atoms with Crippen LogP contribution in [0.4, 0.5) is 0 Å². The van der Waals surface area contributed by atoms with Gasteiger partial charge in [-0.15, -0.1) is 0 Å². The number of hydrogen-bond donors (Lipinski definition) is 1. The van der Waals surface area contributed by atoms with Gasteiger partial charge in [0, 0.05) is 30.5 Å². The maximum absolute atomic E-state index is 5.74. The van der Waals surface area contributed by atoms with E-state index in [-0.39, 0.29) is 0 Å². The number of nitrogens with zero attached hydrogens (tertiary/aromatic N) is 1. The van der Waals surface area contributed by atoms with Gasteiger partial charge in [-0.05, 0) is 18.2 Å². The SMILES string of the molecule is CC(C)NCc1cnccc1OCc1ccco1. The van der Waals surface area contributed by atoms with Crippen LogP contribution in [0.15, 0.2) is 41.3 Å². The monoisotopic (exact) mass is 246 g/mol. The first-order valence-electron chi connectivity index (χ1n) is 6.07. The molecule has 4 heteroatoms. The minimum absolute atomic E-state index is 0.433. The smallest absolute Gasteiger partial charge is 0.146 e. The lowest BCUT2D eigenvalue weighted by molar-refractivity contribution is 0.267. The van der Waals surface area contributed by atoms with E-state index in [4.69, 9.17) is 9.15 Å². The van der Waals surface area contributed by atoms with Crippen LogP contribution in [0.3, 0.4) is 0 Å². The van der Waals surface area contributed by atoms with Crippen LogP contribution in [0.25, 0.3) is 0 Å². The highest BCUT2D eigenvalue weighted by molar-refractivity contribution is 5.30. The first-order chi connectivity index (χ1) is 8.75. The molecular formula is C14H18N2O2. The normalized spacial score (nSPS) is 10.8. The summed E-state index contributed by atoms with van der Waals surface area (Å²) < 4.78 is 11.0. The molecule has 0 unspecified atom stereocenters. The highest BCUT2D eigenvalue weighted by Gasteiger charge is 2.05. The molecule has 0 bridgehead atoms. The summed E-state index contributed by atoms with van der Waals surface area (Å²) >= 11 is 0. The van der Waals surface area contributed by atoms with Gasteiger partial charge < -0.3 is 14.5 Å². The van der Waals surface area contributed by atoms with E-state index in [0.29, 0.717) is 12.6 Å². The second-order valence-corrected chi connectivity index (χ2v) is 4.39. The van der Waals surface area contributed by atoms with E-state index >= 15 is 0 Å². The van der Waals surface area contributed by atoms with Crippen molar-refractivity contribution in [1.82, 2.24) is 10.3 Å². The third-order valence-corrected chi connectivity index (χ3v) is 2.51. The molecule has 0 spiro atoms. The maximum Gasteiger partial charge on any atom is 0.146 e. The van der Waals surface area contributed by atoms with Gasteiger partial charge in [0.2, 0.25) is 0 Å². The van der Waals surface area contributed by atoms with Crippen molar-refractivity contribution in [1.29, 1.82) is 0 Å². The molecule has 4 nitrogen and oxygen atoms in total. The van der Waals surface area contributed by atoms with E-state index in [1.54, 1.807) is 12.5 Å². The van der Waals surface area contributed by atoms with Gasteiger partial charge in [0.15, 0.2) is 0 Å². The summed E-state index contributed by atoms with van der Waals surface area (Å²) in [5.41, 5.74) is 1.05. The van der Waals surface area contributed by atoms with Gasteiger partial charge in [0.1, 0.15) is 18.1 Å². The quantitative estimate of drug-likeness (QED) is 0.851. The standard InChI is InChI=1S/C14H18N2O2/c1-11(2)16-9-12-8-15-6-5-14(12)18-10-13-4-3-7-17-13/h3-8,11,16H,9-10H2,1-2H3. The third kappa shape index (κ3) is 3.60. The fraction of sp³-hybridized carbons (Fsp3) is 0.357. The molecule has 0 atom stereocenters. The second kappa shape index (κ2) is 6.21. The highest BCUT2D eigenvalue weighted by atomic mass is 16.5. The Morgan fingerprint density at radius 2 is 2.28 bits per heavy atom. The van der Waals surface area contributed by atoms with Crippen LogP contribution in [0.5, 0.6) is 5.75 Å². The average Bonchev–Trinajstić information content (AvgIpc) is 2.88. The number of aromatic nitrogens is 1. The Hall–Kier alpha value is -1.81. The van der Waals surface area contributed by atoms with Crippen LogP contribution in [0.1, 0.15) is 25.2 Å².